The third kappa shape index (κ3) is 1.66. The first-order valence-electron chi connectivity index (χ1n) is 3.68. The van der Waals surface area contributed by atoms with E-state index in [4.69, 9.17) is 11.6 Å². The van der Waals surface area contributed by atoms with Crippen molar-refractivity contribution in [3.05, 3.63) is 38.1 Å². The Balaban J connectivity index is 2.95. The van der Waals surface area contributed by atoms with Crippen LogP contribution in [0.1, 0.15) is 0 Å². The minimum Gasteiger partial charge on any atom is -0.254 e. The van der Waals surface area contributed by atoms with E-state index in [0.29, 0.717) is 24.9 Å². The Labute approximate surface area is 102 Å². The Morgan fingerprint density at radius 3 is 2.64 bits per heavy atom. The summed E-state index contributed by atoms with van der Waals surface area (Å²) in [5.74, 6) is -0.342. The molecule has 0 bridgehead atoms. The molecule has 0 fully saturated rings. The van der Waals surface area contributed by atoms with Crippen molar-refractivity contribution in [3.63, 3.8) is 0 Å². The lowest BCUT2D eigenvalue weighted by Gasteiger charge is -2.03. The maximum Gasteiger partial charge on any atom is 0.125 e. The van der Waals surface area contributed by atoms with E-state index in [0.717, 1.165) is 0 Å². The molecule has 2 aromatic rings. The van der Waals surface area contributed by atoms with Crippen molar-refractivity contribution in [1.29, 1.82) is 0 Å². The van der Waals surface area contributed by atoms with Gasteiger partial charge in [-0.25, -0.2) is 4.39 Å². The first kappa shape index (κ1) is 10.3. The molecule has 0 aliphatic rings. The molecule has 1 aromatic heterocycles. The molecule has 0 saturated heterocycles. The minimum atomic E-state index is -0.342. The number of rotatable bonds is 0. The van der Waals surface area contributed by atoms with E-state index in [-0.39, 0.29) is 5.82 Å². The van der Waals surface area contributed by atoms with Crippen LogP contribution in [0.5, 0.6) is 0 Å². The predicted octanol–water partition coefficient (Wildman–Crippen LogP) is 4.55. The van der Waals surface area contributed by atoms with Crippen LogP contribution in [0.3, 0.4) is 0 Å². The van der Waals surface area contributed by atoms with Gasteiger partial charge < -0.3 is 0 Å². The molecule has 0 amide bonds. The molecule has 2 rings (SSSR count). The van der Waals surface area contributed by atoms with Crippen molar-refractivity contribution in [2.24, 2.45) is 0 Å². The molecule has 0 aliphatic heterocycles. The molecular weight excluding hydrogens is 336 g/mol. The van der Waals surface area contributed by atoms with Crippen molar-refractivity contribution >= 4 is 54.4 Å². The van der Waals surface area contributed by atoms with Gasteiger partial charge >= 0.3 is 0 Å². The van der Waals surface area contributed by atoms with Crippen LogP contribution in [0, 0.1) is 5.82 Å². The Morgan fingerprint density at radius 2 is 1.93 bits per heavy atom. The Hall–Kier alpha value is -0.190. The quantitative estimate of drug-likeness (QED) is 0.686. The Bertz CT molecular complexity index is 516. The van der Waals surface area contributed by atoms with Crippen LogP contribution in [-0.4, -0.2) is 4.98 Å². The van der Waals surface area contributed by atoms with Gasteiger partial charge in [0.15, 0.2) is 0 Å². The van der Waals surface area contributed by atoms with Gasteiger partial charge in [0, 0.05) is 16.1 Å². The molecule has 5 heteroatoms. The summed E-state index contributed by atoms with van der Waals surface area (Å²) in [7, 11) is 0. The zero-order chi connectivity index (χ0) is 10.3. The standard InChI is InChI=1S/C9H3Br2ClFN/c10-6-2-4(13)1-5-8(12)7(11)3-14-9(5)6/h1-3H. The highest BCUT2D eigenvalue weighted by molar-refractivity contribution is 9.11. The average Bonchev–Trinajstić information content (AvgIpc) is 2.12. The van der Waals surface area contributed by atoms with Crippen LogP contribution in [0.4, 0.5) is 4.39 Å². The molecule has 0 saturated carbocycles. The molecule has 14 heavy (non-hydrogen) atoms. The minimum absolute atomic E-state index is 0.342. The number of halogens is 4. The number of pyridine rings is 1. The normalized spacial score (nSPS) is 10.9. The third-order valence-corrected chi connectivity index (χ3v) is 3.62. The summed E-state index contributed by atoms with van der Waals surface area (Å²) in [6.45, 7) is 0. The fraction of sp³-hybridized carbons (Fsp3) is 0. The molecule has 1 heterocycles. The summed E-state index contributed by atoms with van der Waals surface area (Å²) in [5, 5.41) is 1.06. The van der Waals surface area contributed by atoms with Crippen LogP contribution >= 0.6 is 43.5 Å². The highest BCUT2D eigenvalue weighted by Crippen LogP contribution is 2.33. The highest BCUT2D eigenvalue weighted by atomic mass is 79.9. The number of fused-ring (bicyclic) bond motifs is 1. The summed E-state index contributed by atoms with van der Waals surface area (Å²) in [6.07, 6.45) is 1.59. The van der Waals surface area contributed by atoms with E-state index in [1.54, 1.807) is 6.20 Å². The van der Waals surface area contributed by atoms with Gasteiger partial charge in [0.25, 0.3) is 0 Å². The van der Waals surface area contributed by atoms with Crippen LogP contribution in [0.25, 0.3) is 10.9 Å². The van der Waals surface area contributed by atoms with E-state index >= 15 is 0 Å². The van der Waals surface area contributed by atoms with Crippen LogP contribution in [0.2, 0.25) is 5.02 Å². The first-order valence-corrected chi connectivity index (χ1v) is 5.65. The summed E-state index contributed by atoms with van der Waals surface area (Å²) >= 11 is 12.5. The van der Waals surface area contributed by atoms with E-state index < -0.39 is 0 Å². The molecule has 0 N–H and O–H groups in total. The monoisotopic (exact) mass is 337 g/mol. The lowest BCUT2D eigenvalue weighted by molar-refractivity contribution is 0.629. The molecule has 0 spiro atoms. The van der Waals surface area contributed by atoms with E-state index in [2.05, 4.69) is 36.8 Å². The summed E-state index contributed by atoms with van der Waals surface area (Å²) in [6, 6.07) is 2.72. The fourth-order valence-corrected chi connectivity index (χ4v) is 2.21. The second-order valence-electron chi connectivity index (χ2n) is 2.70. The number of benzene rings is 1. The highest BCUT2D eigenvalue weighted by Gasteiger charge is 2.09. The van der Waals surface area contributed by atoms with E-state index in [1.165, 1.54) is 12.1 Å². The SMILES string of the molecule is Fc1cc(Br)c2ncc(Br)c(Cl)c2c1. The van der Waals surface area contributed by atoms with Crippen molar-refractivity contribution in [2.45, 2.75) is 0 Å². The van der Waals surface area contributed by atoms with Gasteiger partial charge in [-0.05, 0) is 44.0 Å². The maximum atomic E-state index is 13.1. The van der Waals surface area contributed by atoms with Gasteiger partial charge in [0.05, 0.1) is 15.0 Å². The molecule has 0 aliphatic carbocycles. The third-order valence-electron chi connectivity index (χ3n) is 1.78. The smallest absolute Gasteiger partial charge is 0.125 e. The molecule has 0 radical (unpaired) electrons. The Kier molecular flexibility index (Phi) is 2.77. The van der Waals surface area contributed by atoms with Crippen LogP contribution in [-0.2, 0) is 0 Å². The molecule has 1 nitrogen and oxygen atoms in total. The number of nitrogens with zero attached hydrogens (tertiary/aromatic N) is 1. The molecule has 0 atom stereocenters. The molecular formula is C9H3Br2ClFN. The lowest BCUT2D eigenvalue weighted by Crippen LogP contribution is -1.85. The van der Waals surface area contributed by atoms with Gasteiger partial charge in [-0.1, -0.05) is 11.6 Å². The van der Waals surface area contributed by atoms with Crippen LogP contribution < -0.4 is 0 Å². The van der Waals surface area contributed by atoms with Gasteiger partial charge in [-0.2, -0.15) is 0 Å². The van der Waals surface area contributed by atoms with Crippen molar-refractivity contribution in [3.8, 4) is 0 Å². The zero-order valence-corrected chi connectivity index (χ0v) is 10.6. The topological polar surface area (TPSA) is 12.9 Å². The molecule has 72 valence electrons. The van der Waals surface area contributed by atoms with E-state index in [9.17, 15) is 4.39 Å². The second kappa shape index (κ2) is 3.76. The first-order chi connectivity index (χ1) is 6.59. The largest absolute Gasteiger partial charge is 0.254 e. The predicted molar refractivity (Wildman–Crippen MR) is 62.1 cm³/mol. The maximum absolute atomic E-state index is 13.1. The summed E-state index contributed by atoms with van der Waals surface area (Å²) < 4.78 is 14.3. The van der Waals surface area contributed by atoms with Crippen LogP contribution in [0.15, 0.2) is 27.3 Å². The van der Waals surface area contributed by atoms with Gasteiger partial charge in [0.1, 0.15) is 5.82 Å². The molecule has 0 unspecified atom stereocenters. The number of hydrogen-bond donors (Lipinski definition) is 0. The van der Waals surface area contributed by atoms with Crippen molar-refractivity contribution in [1.82, 2.24) is 4.98 Å². The van der Waals surface area contributed by atoms with E-state index in [1.807, 2.05) is 0 Å². The number of aromatic nitrogens is 1. The molecule has 1 aromatic carbocycles. The van der Waals surface area contributed by atoms with Crippen molar-refractivity contribution < 1.29 is 4.39 Å². The number of hydrogen-bond acceptors (Lipinski definition) is 1. The summed E-state index contributed by atoms with van der Waals surface area (Å²) in [5.41, 5.74) is 0.652. The average molecular weight is 339 g/mol. The Morgan fingerprint density at radius 1 is 1.21 bits per heavy atom. The second-order valence-corrected chi connectivity index (χ2v) is 4.79. The van der Waals surface area contributed by atoms with Gasteiger partial charge in [0.2, 0.25) is 0 Å². The summed E-state index contributed by atoms with van der Waals surface area (Å²) in [4.78, 5) is 4.14. The van der Waals surface area contributed by atoms with Gasteiger partial charge in [-0.3, -0.25) is 4.98 Å². The fourth-order valence-electron chi connectivity index (χ4n) is 1.17. The zero-order valence-electron chi connectivity index (χ0n) is 6.69. The lowest BCUT2D eigenvalue weighted by atomic mass is 10.2. The van der Waals surface area contributed by atoms with Crippen molar-refractivity contribution in [2.75, 3.05) is 0 Å². The van der Waals surface area contributed by atoms with Gasteiger partial charge in [-0.15, -0.1) is 0 Å².